The predicted octanol–water partition coefficient (Wildman–Crippen LogP) is 2.93. The van der Waals surface area contributed by atoms with Crippen LogP contribution < -0.4 is 9.64 Å². The van der Waals surface area contributed by atoms with E-state index < -0.39 is 0 Å². The van der Waals surface area contributed by atoms with Crippen LogP contribution in [0.25, 0.3) is 10.8 Å². The first-order chi connectivity index (χ1) is 11.8. The molecule has 0 saturated carbocycles. The SMILES string of the molecule is CC(Oc1ccc2ccccc2c1)c1nc(N2CCOCC2)n[nH]1. The van der Waals surface area contributed by atoms with E-state index in [9.17, 15) is 0 Å². The number of hydrogen-bond donors (Lipinski definition) is 1. The second-order valence-electron chi connectivity index (χ2n) is 5.89. The highest BCUT2D eigenvalue weighted by Crippen LogP contribution is 2.25. The van der Waals surface area contributed by atoms with E-state index in [1.807, 2.05) is 31.2 Å². The number of ether oxygens (including phenoxy) is 2. The molecule has 4 rings (SSSR count). The molecule has 1 saturated heterocycles. The summed E-state index contributed by atoms with van der Waals surface area (Å²) in [4.78, 5) is 6.69. The Kier molecular flexibility index (Phi) is 4.04. The quantitative estimate of drug-likeness (QED) is 0.799. The van der Waals surface area contributed by atoms with Gasteiger partial charge in [-0.05, 0) is 29.8 Å². The molecule has 0 spiro atoms. The summed E-state index contributed by atoms with van der Waals surface area (Å²) in [6, 6.07) is 14.3. The first-order valence-electron chi connectivity index (χ1n) is 8.20. The van der Waals surface area contributed by atoms with Gasteiger partial charge in [-0.2, -0.15) is 4.98 Å². The van der Waals surface area contributed by atoms with Crippen molar-refractivity contribution in [3.63, 3.8) is 0 Å². The summed E-state index contributed by atoms with van der Waals surface area (Å²) in [5.41, 5.74) is 0. The van der Waals surface area contributed by atoms with Crippen LogP contribution in [0.2, 0.25) is 0 Å². The van der Waals surface area contributed by atoms with Crippen LogP contribution in [0, 0.1) is 0 Å². The second-order valence-corrected chi connectivity index (χ2v) is 5.89. The van der Waals surface area contributed by atoms with Crippen LogP contribution in [0.3, 0.4) is 0 Å². The van der Waals surface area contributed by atoms with Crippen molar-refractivity contribution < 1.29 is 9.47 Å². The van der Waals surface area contributed by atoms with Crippen molar-refractivity contribution in [2.75, 3.05) is 31.2 Å². The lowest BCUT2D eigenvalue weighted by molar-refractivity contribution is 0.122. The number of fused-ring (bicyclic) bond motifs is 1. The van der Waals surface area contributed by atoms with E-state index in [2.05, 4.69) is 38.3 Å². The zero-order valence-electron chi connectivity index (χ0n) is 13.6. The summed E-state index contributed by atoms with van der Waals surface area (Å²) in [6.45, 7) is 5.03. The highest BCUT2D eigenvalue weighted by Gasteiger charge is 2.18. The molecule has 0 aliphatic carbocycles. The molecule has 3 aromatic rings. The number of aromatic nitrogens is 3. The number of H-pyrrole nitrogens is 1. The van der Waals surface area contributed by atoms with Crippen LogP contribution in [-0.2, 0) is 4.74 Å². The first-order valence-corrected chi connectivity index (χ1v) is 8.20. The van der Waals surface area contributed by atoms with Gasteiger partial charge < -0.3 is 14.4 Å². The van der Waals surface area contributed by atoms with Gasteiger partial charge in [0.1, 0.15) is 5.75 Å². The van der Waals surface area contributed by atoms with Crippen molar-refractivity contribution in [3.05, 3.63) is 48.3 Å². The van der Waals surface area contributed by atoms with Gasteiger partial charge in [0.05, 0.1) is 13.2 Å². The molecule has 2 aromatic carbocycles. The third kappa shape index (κ3) is 3.05. The number of nitrogens with zero attached hydrogens (tertiary/aromatic N) is 3. The lowest BCUT2D eigenvalue weighted by Crippen LogP contribution is -2.36. The van der Waals surface area contributed by atoms with E-state index in [-0.39, 0.29) is 6.10 Å². The molecule has 2 heterocycles. The lowest BCUT2D eigenvalue weighted by atomic mass is 10.1. The molecule has 0 bridgehead atoms. The molecular formula is C18H20N4O2. The van der Waals surface area contributed by atoms with Crippen LogP contribution in [0.15, 0.2) is 42.5 Å². The fourth-order valence-electron chi connectivity index (χ4n) is 2.85. The van der Waals surface area contributed by atoms with Gasteiger partial charge in [-0.3, -0.25) is 5.10 Å². The summed E-state index contributed by atoms with van der Waals surface area (Å²) >= 11 is 0. The summed E-state index contributed by atoms with van der Waals surface area (Å²) < 4.78 is 11.4. The summed E-state index contributed by atoms with van der Waals surface area (Å²) in [6.07, 6.45) is -0.201. The minimum Gasteiger partial charge on any atom is -0.483 e. The molecule has 1 unspecified atom stereocenters. The molecule has 1 atom stereocenters. The van der Waals surface area contributed by atoms with Gasteiger partial charge in [0.15, 0.2) is 11.9 Å². The van der Waals surface area contributed by atoms with Crippen LogP contribution in [0.1, 0.15) is 18.9 Å². The zero-order valence-corrected chi connectivity index (χ0v) is 13.6. The molecular weight excluding hydrogens is 304 g/mol. The van der Waals surface area contributed by atoms with Crippen molar-refractivity contribution in [2.24, 2.45) is 0 Å². The topological polar surface area (TPSA) is 63.3 Å². The molecule has 1 aromatic heterocycles. The Morgan fingerprint density at radius 2 is 1.92 bits per heavy atom. The van der Waals surface area contributed by atoms with E-state index in [4.69, 9.17) is 9.47 Å². The van der Waals surface area contributed by atoms with Gasteiger partial charge in [-0.1, -0.05) is 30.3 Å². The molecule has 1 N–H and O–H groups in total. The van der Waals surface area contributed by atoms with E-state index in [0.717, 1.165) is 30.0 Å². The molecule has 1 aliphatic heterocycles. The maximum Gasteiger partial charge on any atom is 0.244 e. The number of aromatic amines is 1. The monoisotopic (exact) mass is 324 g/mol. The second kappa shape index (κ2) is 6.49. The number of nitrogens with one attached hydrogen (secondary N) is 1. The Morgan fingerprint density at radius 1 is 1.12 bits per heavy atom. The van der Waals surface area contributed by atoms with E-state index in [1.165, 1.54) is 5.39 Å². The van der Waals surface area contributed by atoms with Crippen molar-refractivity contribution in [1.82, 2.24) is 15.2 Å². The van der Waals surface area contributed by atoms with Crippen LogP contribution in [0.5, 0.6) is 5.75 Å². The summed E-state index contributed by atoms with van der Waals surface area (Å²) in [5.74, 6) is 2.26. The number of benzene rings is 2. The largest absolute Gasteiger partial charge is 0.483 e. The minimum atomic E-state index is -0.201. The van der Waals surface area contributed by atoms with Crippen molar-refractivity contribution >= 4 is 16.7 Å². The third-order valence-electron chi connectivity index (χ3n) is 4.20. The number of rotatable bonds is 4. The van der Waals surface area contributed by atoms with E-state index in [1.54, 1.807) is 0 Å². The van der Waals surface area contributed by atoms with Crippen molar-refractivity contribution in [1.29, 1.82) is 0 Å². The molecule has 6 heteroatoms. The summed E-state index contributed by atoms with van der Waals surface area (Å²) in [7, 11) is 0. The minimum absolute atomic E-state index is 0.201. The zero-order chi connectivity index (χ0) is 16.4. The molecule has 6 nitrogen and oxygen atoms in total. The van der Waals surface area contributed by atoms with Crippen molar-refractivity contribution in [2.45, 2.75) is 13.0 Å². The average molecular weight is 324 g/mol. The average Bonchev–Trinajstić information content (AvgIpc) is 3.13. The smallest absolute Gasteiger partial charge is 0.244 e. The fourth-order valence-corrected chi connectivity index (χ4v) is 2.85. The number of anilines is 1. The Labute approximate surface area is 140 Å². The molecule has 1 aliphatic rings. The van der Waals surface area contributed by atoms with Gasteiger partial charge in [0.2, 0.25) is 5.95 Å². The Bertz CT molecular complexity index is 827. The van der Waals surface area contributed by atoms with Crippen LogP contribution in [0.4, 0.5) is 5.95 Å². The molecule has 1 fully saturated rings. The van der Waals surface area contributed by atoms with Gasteiger partial charge in [-0.25, -0.2) is 0 Å². The van der Waals surface area contributed by atoms with Gasteiger partial charge in [-0.15, -0.1) is 5.10 Å². The maximum atomic E-state index is 6.03. The number of morpholine rings is 1. The molecule has 0 amide bonds. The number of hydrogen-bond acceptors (Lipinski definition) is 5. The summed E-state index contributed by atoms with van der Waals surface area (Å²) in [5, 5.41) is 9.66. The molecule has 0 radical (unpaired) electrons. The lowest BCUT2D eigenvalue weighted by Gasteiger charge is -2.25. The first kappa shape index (κ1) is 15.0. The highest BCUT2D eigenvalue weighted by atomic mass is 16.5. The van der Waals surface area contributed by atoms with Crippen LogP contribution >= 0.6 is 0 Å². The van der Waals surface area contributed by atoms with E-state index in [0.29, 0.717) is 19.2 Å². The predicted molar refractivity (Wildman–Crippen MR) is 92.4 cm³/mol. The Morgan fingerprint density at radius 3 is 2.75 bits per heavy atom. The van der Waals surface area contributed by atoms with E-state index >= 15 is 0 Å². The molecule has 124 valence electrons. The van der Waals surface area contributed by atoms with Crippen LogP contribution in [-0.4, -0.2) is 41.5 Å². The van der Waals surface area contributed by atoms with Gasteiger partial charge in [0, 0.05) is 13.1 Å². The maximum absolute atomic E-state index is 6.03. The molecule has 24 heavy (non-hydrogen) atoms. The highest BCUT2D eigenvalue weighted by molar-refractivity contribution is 5.83. The third-order valence-corrected chi connectivity index (χ3v) is 4.20. The Balaban J connectivity index is 1.48. The normalized spacial score (nSPS) is 16.3. The van der Waals surface area contributed by atoms with Crippen molar-refractivity contribution in [3.8, 4) is 5.75 Å². The Hall–Kier alpha value is -2.60. The van der Waals surface area contributed by atoms with Gasteiger partial charge >= 0.3 is 0 Å². The van der Waals surface area contributed by atoms with Gasteiger partial charge in [0.25, 0.3) is 0 Å². The fraction of sp³-hybridized carbons (Fsp3) is 0.333. The standard InChI is InChI=1S/C18H20N4O2/c1-13(17-19-18(21-20-17)22-8-10-23-11-9-22)24-16-7-6-14-4-2-3-5-15(14)12-16/h2-7,12-13H,8-11H2,1H3,(H,19,20,21).